The zero-order valence-corrected chi connectivity index (χ0v) is 12.6. The number of carbonyl (C=O) groups is 1. The lowest BCUT2D eigenvalue weighted by Gasteiger charge is -2.11. The van der Waals surface area contributed by atoms with Crippen LogP contribution in [0.1, 0.15) is 17.3 Å². The Kier molecular flexibility index (Phi) is 5.06. The van der Waals surface area contributed by atoms with Crippen molar-refractivity contribution in [2.45, 2.75) is 6.92 Å². The van der Waals surface area contributed by atoms with Gasteiger partial charge in [-0.15, -0.1) is 0 Å². The summed E-state index contributed by atoms with van der Waals surface area (Å²) in [7, 11) is 1.53. The van der Waals surface area contributed by atoms with Crippen molar-refractivity contribution in [1.82, 2.24) is 0 Å². The monoisotopic (exact) mass is 305 g/mol. The Morgan fingerprint density at radius 3 is 2.52 bits per heavy atom. The first-order valence-corrected chi connectivity index (χ1v) is 6.89. The molecule has 0 saturated carbocycles. The SMILES string of the molecule is CCOc1ccc(C(=O)Nc2ccc(Cl)cc2OC)cc1. The highest BCUT2D eigenvalue weighted by molar-refractivity contribution is 6.30. The molecule has 0 aliphatic heterocycles. The molecule has 2 rings (SSSR count). The van der Waals surface area contributed by atoms with Gasteiger partial charge in [0, 0.05) is 16.7 Å². The third kappa shape index (κ3) is 3.89. The fourth-order valence-electron chi connectivity index (χ4n) is 1.83. The van der Waals surface area contributed by atoms with Crippen molar-refractivity contribution < 1.29 is 14.3 Å². The van der Waals surface area contributed by atoms with E-state index in [2.05, 4.69) is 5.32 Å². The van der Waals surface area contributed by atoms with Crippen LogP contribution in [-0.4, -0.2) is 19.6 Å². The summed E-state index contributed by atoms with van der Waals surface area (Å²) in [5.74, 6) is 1.03. The molecule has 0 unspecified atom stereocenters. The van der Waals surface area contributed by atoms with Crippen molar-refractivity contribution in [3.8, 4) is 11.5 Å². The van der Waals surface area contributed by atoms with Gasteiger partial charge in [-0.05, 0) is 43.3 Å². The van der Waals surface area contributed by atoms with Crippen LogP contribution in [0.25, 0.3) is 0 Å². The smallest absolute Gasteiger partial charge is 0.255 e. The molecule has 0 spiro atoms. The molecule has 2 aromatic rings. The highest BCUT2D eigenvalue weighted by Crippen LogP contribution is 2.28. The third-order valence-electron chi connectivity index (χ3n) is 2.84. The number of hydrogen-bond donors (Lipinski definition) is 1. The van der Waals surface area contributed by atoms with Gasteiger partial charge in [-0.25, -0.2) is 0 Å². The van der Waals surface area contributed by atoms with Crippen LogP contribution >= 0.6 is 11.6 Å². The summed E-state index contributed by atoms with van der Waals surface area (Å²) in [6.45, 7) is 2.50. The second-order valence-corrected chi connectivity index (χ2v) is 4.69. The predicted molar refractivity (Wildman–Crippen MR) is 83.6 cm³/mol. The number of ether oxygens (including phenoxy) is 2. The minimum Gasteiger partial charge on any atom is -0.495 e. The number of nitrogens with one attached hydrogen (secondary N) is 1. The Hall–Kier alpha value is -2.20. The minimum absolute atomic E-state index is 0.223. The van der Waals surface area contributed by atoms with E-state index in [4.69, 9.17) is 21.1 Å². The molecule has 110 valence electrons. The molecule has 21 heavy (non-hydrogen) atoms. The fourth-order valence-corrected chi connectivity index (χ4v) is 1.99. The standard InChI is InChI=1S/C16H16ClNO3/c1-3-21-13-7-4-11(5-8-13)16(19)18-14-9-6-12(17)10-15(14)20-2/h4-10H,3H2,1-2H3,(H,18,19). The first-order chi connectivity index (χ1) is 10.1. The Morgan fingerprint density at radius 2 is 1.90 bits per heavy atom. The van der Waals surface area contributed by atoms with Gasteiger partial charge in [0.15, 0.2) is 0 Å². The Bertz CT molecular complexity index is 626. The van der Waals surface area contributed by atoms with Crippen molar-refractivity contribution >= 4 is 23.2 Å². The van der Waals surface area contributed by atoms with E-state index in [-0.39, 0.29) is 5.91 Å². The molecule has 1 amide bonds. The van der Waals surface area contributed by atoms with Gasteiger partial charge in [-0.3, -0.25) is 4.79 Å². The van der Waals surface area contributed by atoms with Crippen molar-refractivity contribution in [1.29, 1.82) is 0 Å². The van der Waals surface area contributed by atoms with E-state index in [1.54, 1.807) is 42.5 Å². The number of carbonyl (C=O) groups excluding carboxylic acids is 1. The normalized spacial score (nSPS) is 10.0. The first kappa shape index (κ1) is 15.2. The number of methoxy groups -OCH3 is 1. The zero-order valence-electron chi connectivity index (χ0n) is 11.9. The molecule has 2 aromatic carbocycles. The lowest BCUT2D eigenvalue weighted by atomic mass is 10.2. The Morgan fingerprint density at radius 1 is 1.19 bits per heavy atom. The summed E-state index contributed by atoms with van der Waals surface area (Å²) in [4.78, 5) is 12.2. The van der Waals surface area contributed by atoms with Crippen LogP contribution in [0.3, 0.4) is 0 Å². The molecular weight excluding hydrogens is 290 g/mol. The molecule has 0 aliphatic rings. The topological polar surface area (TPSA) is 47.6 Å². The molecule has 5 heteroatoms. The van der Waals surface area contributed by atoms with Gasteiger partial charge in [0.1, 0.15) is 11.5 Å². The van der Waals surface area contributed by atoms with E-state index < -0.39 is 0 Å². The Labute approximate surface area is 128 Å². The second kappa shape index (κ2) is 6.99. The number of anilines is 1. The summed E-state index contributed by atoms with van der Waals surface area (Å²) in [6, 6.07) is 12.0. The second-order valence-electron chi connectivity index (χ2n) is 4.26. The molecule has 0 aliphatic carbocycles. The Balaban J connectivity index is 2.14. The molecule has 0 atom stereocenters. The lowest BCUT2D eigenvalue weighted by molar-refractivity contribution is 0.102. The van der Waals surface area contributed by atoms with Crippen LogP contribution in [-0.2, 0) is 0 Å². The van der Waals surface area contributed by atoms with Gasteiger partial charge in [0.2, 0.25) is 0 Å². The number of halogens is 1. The molecular formula is C16H16ClNO3. The molecule has 0 fully saturated rings. The van der Waals surface area contributed by atoms with Gasteiger partial charge >= 0.3 is 0 Å². The molecule has 0 aromatic heterocycles. The summed E-state index contributed by atoms with van der Waals surface area (Å²) in [6.07, 6.45) is 0. The molecule has 1 N–H and O–H groups in total. The van der Waals surface area contributed by atoms with E-state index in [9.17, 15) is 4.79 Å². The molecule has 0 radical (unpaired) electrons. The minimum atomic E-state index is -0.223. The summed E-state index contributed by atoms with van der Waals surface area (Å²) in [5, 5.41) is 3.34. The van der Waals surface area contributed by atoms with E-state index in [0.717, 1.165) is 5.75 Å². The van der Waals surface area contributed by atoms with Gasteiger partial charge in [0.25, 0.3) is 5.91 Å². The van der Waals surface area contributed by atoms with Gasteiger partial charge < -0.3 is 14.8 Å². The largest absolute Gasteiger partial charge is 0.495 e. The van der Waals surface area contributed by atoms with E-state index in [0.29, 0.717) is 28.6 Å². The highest BCUT2D eigenvalue weighted by Gasteiger charge is 2.10. The van der Waals surface area contributed by atoms with Crippen molar-refractivity contribution in [3.05, 3.63) is 53.1 Å². The maximum absolute atomic E-state index is 12.2. The number of hydrogen-bond acceptors (Lipinski definition) is 3. The van der Waals surface area contributed by atoms with Gasteiger partial charge in [-0.1, -0.05) is 11.6 Å². The van der Waals surface area contributed by atoms with E-state index >= 15 is 0 Å². The molecule has 4 nitrogen and oxygen atoms in total. The lowest BCUT2D eigenvalue weighted by Crippen LogP contribution is -2.12. The maximum atomic E-state index is 12.2. The quantitative estimate of drug-likeness (QED) is 0.908. The molecule has 0 saturated heterocycles. The number of rotatable bonds is 5. The van der Waals surface area contributed by atoms with Crippen molar-refractivity contribution in [2.75, 3.05) is 19.0 Å². The molecule has 0 heterocycles. The summed E-state index contributed by atoms with van der Waals surface area (Å²) in [5.41, 5.74) is 1.11. The van der Waals surface area contributed by atoms with E-state index in [1.807, 2.05) is 6.92 Å². The van der Waals surface area contributed by atoms with Crippen LogP contribution in [0, 0.1) is 0 Å². The predicted octanol–water partition coefficient (Wildman–Crippen LogP) is 4.00. The maximum Gasteiger partial charge on any atom is 0.255 e. The summed E-state index contributed by atoms with van der Waals surface area (Å²) >= 11 is 5.89. The average Bonchev–Trinajstić information content (AvgIpc) is 2.50. The van der Waals surface area contributed by atoms with Crippen molar-refractivity contribution in [2.24, 2.45) is 0 Å². The van der Waals surface area contributed by atoms with Crippen LogP contribution in [0.15, 0.2) is 42.5 Å². The van der Waals surface area contributed by atoms with Crippen LogP contribution < -0.4 is 14.8 Å². The van der Waals surface area contributed by atoms with Crippen LogP contribution in [0.5, 0.6) is 11.5 Å². The van der Waals surface area contributed by atoms with Gasteiger partial charge in [0.05, 0.1) is 19.4 Å². The zero-order chi connectivity index (χ0) is 15.2. The number of benzene rings is 2. The van der Waals surface area contributed by atoms with Gasteiger partial charge in [-0.2, -0.15) is 0 Å². The fraction of sp³-hybridized carbons (Fsp3) is 0.188. The van der Waals surface area contributed by atoms with Crippen molar-refractivity contribution in [3.63, 3.8) is 0 Å². The average molecular weight is 306 g/mol. The van der Waals surface area contributed by atoms with E-state index in [1.165, 1.54) is 7.11 Å². The number of amides is 1. The van der Waals surface area contributed by atoms with Crippen LogP contribution in [0.4, 0.5) is 5.69 Å². The molecule has 0 bridgehead atoms. The first-order valence-electron chi connectivity index (χ1n) is 6.51. The highest BCUT2D eigenvalue weighted by atomic mass is 35.5. The summed E-state index contributed by atoms with van der Waals surface area (Å²) < 4.78 is 10.5. The van der Waals surface area contributed by atoms with Crippen LogP contribution in [0.2, 0.25) is 5.02 Å². The third-order valence-corrected chi connectivity index (χ3v) is 3.07.